The highest BCUT2D eigenvalue weighted by Crippen LogP contribution is 2.20. The summed E-state index contributed by atoms with van der Waals surface area (Å²) in [4.78, 5) is 12.4. The number of carbonyl (C=O) groups is 1. The van der Waals surface area contributed by atoms with E-state index in [0.29, 0.717) is 6.61 Å². The van der Waals surface area contributed by atoms with E-state index >= 15 is 0 Å². The Hall–Kier alpha value is -2.33. The number of para-hydroxylation sites is 2. The van der Waals surface area contributed by atoms with Gasteiger partial charge < -0.3 is 15.4 Å². The largest absolute Gasteiger partial charge is 0.489 e. The minimum Gasteiger partial charge on any atom is -0.489 e. The highest BCUT2D eigenvalue weighted by molar-refractivity contribution is 5.93. The van der Waals surface area contributed by atoms with Crippen molar-refractivity contribution in [1.29, 1.82) is 0 Å². The van der Waals surface area contributed by atoms with E-state index in [1.807, 2.05) is 54.6 Å². The molecule has 1 heterocycles. The van der Waals surface area contributed by atoms with Crippen LogP contribution in [0.25, 0.3) is 0 Å². The Morgan fingerprint density at radius 3 is 2.70 bits per heavy atom. The predicted octanol–water partition coefficient (Wildman–Crippen LogP) is 3.20. The molecule has 2 aromatic carbocycles. The zero-order valence-corrected chi connectivity index (χ0v) is 13.1. The normalized spacial score (nSPS) is 17.5. The van der Waals surface area contributed by atoms with Gasteiger partial charge >= 0.3 is 0 Å². The smallest absolute Gasteiger partial charge is 0.228 e. The van der Waals surface area contributed by atoms with Crippen molar-refractivity contribution in [2.24, 2.45) is 5.92 Å². The molecule has 1 aliphatic rings. The van der Waals surface area contributed by atoms with Crippen LogP contribution < -0.4 is 15.4 Å². The maximum absolute atomic E-state index is 12.4. The molecule has 23 heavy (non-hydrogen) atoms. The summed E-state index contributed by atoms with van der Waals surface area (Å²) in [6.45, 7) is 2.20. The van der Waals surface area contributed by atoms with Crippen LogP contribution >= 0.6 is 0 Å². The number of carbonyl (C=O) groups excluding carboxylic acids is 1. The Bertz CT molecular complexity index is 637. The molecule has 1 amide bonds. The minimum atomic E-state index is 0.0480. The van der Waals surface area contributed by atoms with Crippen LogP contribution in [0, 0.1) is 5.92 Å². The highest BCUT2D eigenvalue weighted by atomic mass is 16.5. The van der Waals surface area contributed by atoms with Crippen molar-refractivity contribution < 1.29 is 9.53 Å². The maximum atomic E-state index is 12.4. The van der Waals surface area contributed by atoms with Crippen LogP contribution in [-0.4, -0.2) is 19.0 Å². The van der Waals surface area contributed by atoms with Crippen molar-refractivity contribution in [3.8, 4) is 5.75 Å². The third-order valence-corrected chi connectivity index (χ3v) is 4.08. The monoisotopic (exact) mass is 310 g/mol. The van der Waals surface area contributed by atoms with Gasteiger partial charge in [0.25, 0.3) is 0 Å². The van der Waals surface area contributed by atoms with Crippen molar-refractivity contribution in [2.75, 3.05) is 18.4 Å². The number of anilines is 1. The molecule has 3 rings (SSSR count). The fourth-order valence-corrected chi connectivity index (χ4v) is 2.76. The van der Waals surface area contributed by atoms with Gasteiger partial charge in [0, 0.05) is 17.8 Å². The standard InChI is InChI=1S/C19H22N2O2/c22-19(15-8-6-12-20-13-15)21-18-11-5-4-7-16(18)14-23-17-9-2-1-3-10-17/h1-5,7,9-11,15,20H,6,8,12-14H2,(H,21,22). The van der Waals surface area contributed by atoms with E-state index in [2.05, 4.69) is 10.6 Å². The van der Waals surface area contributed by atoms with E-state index in [9.17, 15) is 4.79 Å². The fraction of sp³-hybridized carbons (Fsp3) is 0.316. The quantitative estimate of drug-likeness (QED) is 0.891. The van der Waals surface area contributed by atoms with E-state index in [4.69, 9.17) is 4.74 Å². The van der Waals surface area contributed by atoms with Crippen LogP contribution in [0.1, 0.15) is 18.4 Å². The topological polar surface area (TPSA) is 50.4 Å². The Kier molecular flexibility index (Phi) is 5.27. The van der Waals surface area contributed by atoms with Gasteiger partial charge in [-0.05, 0) is 37.6 Å². The van der Waals surface area contributed by atoms with Gasteiger partial charge in [-0.3, -0.25) is 4.79 Å². The summed E-state index contributed by atoms with van der Waals surface area (Å²) >= 11 is 0. The first-order chi connectivity index (χ1) is 11.3. The predicted molar refractivity (Wildman–Crippen MR) is 91.4 cm³/mol. The molecule has 0 aliphatic carbocycles. The number of piperidine rings is 1. The molecule has 4 heteroatoms. The summed E-state index contributed by atoms with van der Waals surface area (Å²) < 4.78 is 5.80. The number of benzene rings is 2. The highest BCUT2D eigenvalue weighted by Gasteiger charge is 2.21. The van der Waals surface area contributed by atoms with Gasteiger partial charge in [0.2, 0.25) is 5.91 Å². The number of ether oxygens (including phenoxy) is 1. The van der Waals surface area contributed by atoms with Crippen LogP contribution in [-0.2, 0) is 11.4 Å². The van der Waals surface area contributed by atoms with Crippen molar-refractivity contribution in [2.45, 2.75) is 19.4 Å². The average Bonchev–Trinajstić information content (AvgIpc) is 2.62. The van der Waals surface area contributed by atoms with Crippen LogP contribution in [0.2, 0.25) is 0 Å². The summed E-state index contributed by atoms with van der Waals surface area (Å²) in [5.41, 5.74) is 1.81. The zero-order chi connectivity index (χ0) is 15.9. The number of hydrogen-bond donors (Lipinski definition) is 2. The fourth-order valence-electron chi connectivity index (χ4n) is 2.76. The van der Waals surface area contributed by atoms with Crippen molar-refractivity contribution in [3.05, 3.63) is 60.2 Å². The van der Waals surface area contributed by atoms with Gasteiger partial charge in [0.15, 0.2) is 0 Å². The molecular weight excluding hydrogens is 288 g/mol. The Labute approximate surface area is 136 Å². The van der Waals surface area contributed by atoms with Crippen molar-refractivity contribution in [1.82, 2.24) is 5.32 Å². The van der Waals surface area contributed by atoms with Gasteiger partial charge in [-0.25, -0.2) is 0 Å². The third-order valence-electron chi connectivity index (χ3n) is 4.08. The summed E-state index contributed by atoms with van der Waals surface area (Å²) in [6.07, 6.45) is 2.00. The molecule has 1 unspecified atom stereocenters. The summed E-state index contributed by atoms with van der Waals surface area (Å²) in [6, 6.07) is 17.5. The first-order valence-electron chi connectivity index (χ1n) is 8.10. The molecule has 0 saturated carbocycles. The van der Waals surface area contributed by atoms with Crippen LogP contribution in [0.4, 0.5) is 5.69 Å². The van der Waals surface area contributed by atoms with Gasteiger partial charge in [-0.1, -0.05) is 36.4 Å². The molecule has 1 saturated heterocycles. The van der Waals surface area contributed by atoms with Gasteiger partial charge in [0.05, 0.1) is 5.92 Å². The Balaban J connectivity index is 1.64. The summed E-state index contributed by atoms with van der Waals surface area (Å²) in [5.74, 6) is 0.960. The lowest BCUT2D eigenvalue weighted by Gasteiger charge is -2.22. The molecular formula is C19H22N2O2. The van der Waals surface area contributed by atoms with E-state index in [-0.39, 0.29) is 11.8 Å². The van der Waals surface area contributed by atoms with Gasteiger partial charge in [0.1, 0.15) is 12.4 Å². The molecule has 0 spiro atoms. The number of rotatable bonds is 5. The zero-order valence-electron chi connectivity index (χ0n) is 13.1. The summed E-state index contributed by atoms with van der Waals surface area (Å²) in [7, 11) is 0. The molecule has 2 aromatic rings. The first-order valence-corrected chi connectivity index (χ1v) is 8.10. The molecule has 0 aromatic heterocycles. The lowest BCUT2D eigenvalue weighted by atomic mass is 9.98. The molecule has 4 nitrogen and oxygen atoms in total. The maximum Gasteiger partial charge on any atom is 0.228 e. The molecule has 1 aliphatic heterocycles. The number of nitrogens with one attached hydrogen (secondary N) is 2. The lowest BCUT2D eigenvalue weighted by molar-refractivity contribution is -0.120. The van der Waals surface area contributed by atoms with Crippen molar-refractivity contribution >= 4 is 11.6 Å². The molecule has 1 fully saturated rings. The summed E-state index contributed by atoms with van der Waals surface area (Å²) in [5, 5.41) is 6.33. The second-order valence-electron chi connectivity index (χ2n) is 5.79. The second-order valence-corrected chi connectivity index (χ2v) is 5.79. The molecule has 0 radical (unpaired) electrons. The lowest BCUT2D eigenvalue weighted by Crippen LogP contribution is -2.37. The van der Waals surface area contributed by atoms with E-state index in [0.717, 1.165) is 42.9 Å². The minimum absolute atomic E-state index is 0.0480. The van der Waals surface area contributed by atoms with Crippen LogP contribution in [0.3, 0.4) is 0 Å². The molecule has 120 valence electrons. The van der Waals surface area contributed by atoms with Gasteiger partial charge in [-0.2, -0.15) is 0 Å². The van der Waals surface area contributed by atoms with E-state index in [1.165, 1.54) is 0 Å². The second kappa shape index (κ2) is 7.79. The van der Waals surface area contributed by atoms with E-state index in [1.54, 1.807) is 0 Å². The molecule has 1 atom stereocenters. The number of amides is 1. The number of hydrogen-bond acceptors (Lipinski definition) is 3. The average molecular weight is 310 g/mol. The molecule has 2 N–H and O–H groups in total. The Morgan fingerprint density at radius 1 is 1.13 bits per heavy atom. The van der Waals surface area contributed by atoms with Gasteiger partial charge in [-0.15, -0.1) is 0 Å². The van der Waals surface area contributed by atoms with Crippen molar-refractivity contribution in [3.63, 3.8) is 0 Å². The SMILES string of the molecule is O=C(Nc1ccccc1COc1ccccc1)C1CCCNC1. The Morgan fingerprint density at radius 2 is 1.91 bits per heavy atom. The van der Waals surface area contributed by atoms with Crippen LogP contribution in [0.5, 0.6) is 5.75 Å². The third kappa shape index (κ3) is 4.33. The van der Waals surface area contributed by atoms with Crippen LogP contribution in [0.15, 0.2) is 54.6 Å². The first kappa shape index (κ1) is 15.6. The van der Waals surface area contributed by atoms with E-state index < -0.39 is 0 Å². The molecule has 0 bridgehead atoms.